The Hall–Kier alpha value is -1.85. The van der Waals surface area contributed by atoms with Crippen LogP contribution in [-0.4, -0.2) is 8.75 Å². The average Bonchev–Trinajstić information content (AvgIpc) is 3.03. The van der Waals surface area contributed by atoms with E-state index in [1.54, 1.807) is 17.4 Å². The van der Waals surface area contributed by atoms with E-state index in [0.29, 0.717) is 11.1 Å². The molecule has 0 atom stereocenters. The maximum absolute atomic E-state index is 14.2. The molecule has 2 aromatic heterocycles. The lowest BCUT2D eigenvalue weighted by Gasteiger charge is -1.99. The molecular formula is C14H7FN2S2. The molecular weight excluding hydrogens is 279 g/mol. The van der Waals surface area contributed by atoms with Crippen molar-refractivity contribution in [1.29, 1.82) is 0 Å². The number of halogens is 1. The molecule has 0 radical (unpaired) electrons. The highest BCUT2D eigenvalue weighted by molar-refractivity contribution is 7.22. The van der Waals surface area contributed by atoms with Gasteiger partial charge in [0.2, 0.25) is 0 Å². The van der Waals surface area contributed by atoms with Gasteiger partial charge in [-0.1, -0.05) is 18.2 Å². The van der Waals surface area contributed by atoms with Gasteiger partial charge >= 0.3 is 0 Å². The summed E-state index contributed by atoms with van der Waals surface area (Å²) in [6, 6.07) is 13.2. The Kier molecular flexibility index (Phi) is 2.36. The molecule has 0 saturated carbocycles. The van der Waals surface area contributed by atoms with Gasteiger partial charge < -0.3 is 0 Å². The van der Waals surface area contributed by atoms with Gasteiger partial charge in [0.05, 0.1) is 17.3 Å². The third-order valence-electron chi connectivity index (χ3n) is 3.05. The maximum Gasteiger partial charge on any atom is 0.134 e. The van der Waals surface area contributed by atoms with Crippen LogP contribution >= 0.6 is 23.1 Å². The number of rotatable bonds is 1. The Morgan fingerprint density at radius 1 is 1.00 bits per heavy atom. The van der Waals surface area contributed by atoms with Crippen molar-refractivity contribution < 1.29 is 4.39 Å². The molecule has 0 fully saturated rings. The van der Waals surface area contributed by atoms with Crippen molar-refractivity contribution in [2.24, 2.45) is 0 Å². The molecule has 0 spiro atoms. The molecule has 0 aliphatic carbocycles. The van der Waals surface area contributed by atoms with Crippen LogP contribution in [0.5, 0.6) is 0 Å². The second kappa shape index (κ2) is 4.08. The Morgan fingerprint density at radius 3 is 2.79 bits per heavy atom. The zero-order valence-electron chi connectivity index (χ0n) is 9.63. The Morgan fingerprint density at radius 2 is 1.89 bits per heavy atom. The molecule has 4 rings (SSSR count). The molecule has 2 nitrogen and oxygen atoms in total. The molecule has 0 saturated heterocycles. The fourth-order valence-electron chi connectivity index (χ4n) is 2.17. The quantitative estimate of drug-likeness (QED) is 0.506. The summed E-state index contributed by atoms with van der Waals surface area (Å²) in [7, 11) is 0. The summed E-state index contributed by atoms with van der Waals surface area (Å²) in [5.74, 6) is -0.244. The summed E-state index contributed by atoms with van der Waals surface area (Å²) in [5, 5.41) is 1.13. The molecule has 2 heterocycles. The van der Waals surface area contributed by atoms with Gasteiger partial charge in [0.15, 0.2) is 0 Å². The van der Waals surface area contributed by atoms with Crippen LogP contribution in [0.15, 0.2) is 42.5 Å². The molecule has 0 unspecified atom stereocenters. The smallest absolute Gasteiger partial charge is 0.134 e. The topological polar surface area (TPSA) is 25.8 Å². The van der Waals surface area contributed by atoms with E-state index in [0.717, 1.165) is 32.2 Å². The highest BCUT2D eigenvalue weighted by Gasteiger charge is 2.15. The number of thiophene rings is 1. The lowest BCUT2D eigenvalue weighted by Crippen LogP contribution is -1.83. The normalized spacial score (nSPS) is 11.4. The second-order valence-corrected chi connectivity index (χ2v) is 5.82. The molecule has 0 aliphatic heterocycles. The number of fused-ring (bicyclic) bond motifs is 2. The van der Waals surface area contributed by atoms with E-state index in [1.807, 2.05) is 30.3 Å². The summed E-state index contributed by atoms with van der Waals surface area (Å²) in [6.07, 6.45) is 0. The van der Waals surface area contributed by atoms with Crippen molar-refractivity contribution in [1.82, 2.24) is 8.75 Å². The van der Waals surface area contributed by atoms with Crippen molar-refractivity contribution in [2.75, 3.05) is 0 Å². The van der Waals surface area contributed by atoms with Crippen LogP contribution in [0.4, 0.5) is 4.39 Å². The van der Waals surface area contributed by atoms with E-state index in [4.69, 9.17) is 0 Å². The molecule has 19 heavy (non-hydrogen) atoms. The largest absolute Gasteiger partial charge is 0.206 e. The minimum Gasteiger partial charge on any atom is -0.206 e. The number of aromatic nitrogens is 2. The lowest BCUT2D eigenvalue weighted by molar-refractivity contribution is 0.633. The van der Waals surface area contributed by atoms with E-state index >= 15 is 0 Å². The Balaban J connectivity index is 2.08. The summed E-state index contributed by atoms with van der Waals surface area (Å²) >= 11 is 2.69. The van der Waals surface area contributed by atoms with Gasteiger partial charge in [0, 0.05) is 9.58 Å². The van der Waals surface area contributed by atoms with Crippen molar-refractivity contribution in [3.63, 3.8) is 0 Å². The summed E-state index contributed by atoms with van der Waals surface area (Å²) in [4.78, 5) is 0.900. The zero-order valence-corrected chi connectivity index (χ0v) is 11.3. The predicted molar refractivity (Wildman–Crippen MR) is 78.2 cm³/mol. The zero-order chi connectivity index (χ0) is 12.8. The van der Waals surface area contributed by atoms with Gasteiger partial charge in [0.25, 0.3) is 0 Å². The molecule has 0 amide bonds. The van der Waals surface area contributed by atoms with Crippen LogP contribution in [0.3, 0.4) is 0 Å². The summed E-state index contributed by atoms with van der Waals surface area (Å²) < 4.78 is 23.7. The fraction of sp³-hybridized carbons (Fsp3) is 0. The average molecular weight is 286 g/mol. The highest BCUT2D eigenvalue weighted by atomic mass is 32.1. The monoisotopic (exact) mass is 286 g/mol. The number of nitrogens with zero attached hydrogens (tertiary/aromatic N) is 2. The van der Waals surface area contributed by atoms with Gasteiger partial charge in [-0.25, -0.2) is 4.39 Å². The van der Waals surface area contributed by atoms with Crippen molar-refractivity contribution >= 4 is 44.2 Å². The van der Waals surface area contributed by atoms with Crippen molar-refractivity contribution in [3.8, 4) is 10.4 Å². The van der Waals surface area contributed by atoms with E-state index in [-0.39, 0.29) is 5.82 Å². The van der Waals surface area contributed by atoms with E-state index in [2.05, 4.69) is 8.75 Å². The maximum atomic E-state index is 14.2. The van der Waals surface area contributed by atoms with Gasteiger partial charge in [-0.05, 0) is 29.7 Å². The molecule has 92 valence electrons. The third kappa shape index (κ3) is 1.66. The minimum absolute atomic E-state index is 0.244. The molecule has 4 aromatic rings. The number of benzene rings is 2. The van der Waals surface area contributed by atoms with E-state index in [1.165, 1.54) is 6.07 Å². The molecule has 0 bridgehead atoms. The van der Waals surface area contributed by atoms with Crippen LogP contribution < -0.4 is 0 Å². The lowest BCUT2D eigenvalue weighted by atomic mass is 10.1. The standard InChI is InChI=1S/C14H7FN2S2/c15-9-5-6-10-14(17-19-16-10)13(9)12-7-8-3-1-2-4-11(8)18-12/h1-7H. The fourth-order valence-corrected chi connectivity index (χ4v) is 3.82. The first-order valence-electron chi connectivity index (χ1n) is 5.72. The first-order valence-corrected chi connectivity index (χ1v) is 7.27. The van der Waals surface area contributed by atoms with Crippen LogP contribution in [0.25, 0.3) is 31.6 Å². The number of hydrogen-bond acceptors (Lipinski definition) is 4. The molecule has 2 aromatic carbocycles. The van der Waals surface area contributed by atoms with Crippen LogP contribution in [0.2, 0.25) is 0 Å². The van der Waals surface area contributed by atoms with Crippen LogP contribution in [0, 0.1) is 5.82 Å². The highest BCUT2D eigenvalue weighted by Crippen LogP contribution is 2.38. The van der Waals surface area contributed by atoms with Gasteiger partial charge in [-0.15, -0.1) is 11.3 Å². The Bertz CT molecular complexity index is 862. The minimum atomic E-state index is -0.244. The number of hydrogen-bond donors (Lipinski definition) is 0. The summed E-state index contributed by atoms with van der Waals surface area (Å²) in [5.41, 5.74) is 1.96. The van der Waals surface area contributed by atoms with E-state index < -0.39 is 0 Å². The first kappa shape index (κ1) is 11.0. The summed E-state index contributed by atoms with van der Waals surface area (Å²) in [6.45, 7) is 0. The molecule has 5 heteroatoms. The second-order valence-electron chi connectivity index (χ2n) is 4.20. The van der Waals surface area contributed by atoms with E-state index in [9.17, 15) is 4.39 Å². The Labute approximate surface area is 116 Å². The third-order valence-corrected chi connectivity index (χ3v) is 4.73. The SMILES string of the molecule is Fc1ccc2nsnc2c1-c1cc2ccccc2s1. The van der Waals surface area contributed by atoms with Crippen LogP contribution in [-0.2, 0) is 0 Å². The first-order chi connectivity index (χ1) is 9.33. The van der Waals surface area contributed by atoms with Crippen LogP contribution in [0.1, 0.15) is 0 Å². The van der Waals surface area contributed by atoms with Gasteiger partial charge in [0.1, 0.15) is 16.9 Å². The molecule has 0 aliphatic rings. The molecule has 0 N–H and O–H groups in total. The van der Waals surface area contributed by atoms with Gasteiger partial charge in [-0.2, -0.15) is 8.75 Å². The van der Waals surface area contributed by atoms with Crippen molar-refractivity contribution in [3.05, 3.63) is 48.3 Å². The van der Waals surface area contributed by atoms with Gasteiger partial charge in [-0.3, -0.25) is 0 Å². The predicted octanol–water partition coefficient (Wildman–Crippen LogP) is 4.71. The van der Waals surface area contributed by atoms with Crippen molar-refractivity contribution in [2.45, 2.75) is 0 Å².